The first-order valence-corrected chi connectivity index (χ1v) is 5.15. The maximum atomic E-state index is 5.86. The van der Waals surface area contributed by atoms with Crippen LogP contribution >= 0.6 is 11.6 Å². The van der Waals surface area contributed by atoms with Gasteiger partial charge in [0.25, 0.3) is 5.78 Å². The Morgan fingerprint density at radius 1 is 1.53 bits per heavy atom. The molecule has 6 heteroatoms. The molecular weight excluding hydrogens is 214 g/mol. The molecule has 0 fully saturated rings. The summed E-state index contributed by atoms with van der Waals surface area (Å²) in [5, 5.41) is 7.73. The number of nitrogens with zero attached hydrogens (tertiary/aromatic N) is 4. The highest BCUT2D eigenvalue weighted by atomic mass is 35.5. The lowest BCUT2D eigenvalue weighted by Crippen LogP contribution is -2.11. The Kier molecular flexibility index (Phi) is 2.73. The van der Waals surface area contributed by atoms with Crippen molar-refractivity contribution in [2.24, 2.45) is 5.92 Å². The van der Waals surface area contributed by atoms with Crippen LogP contribution in [0.3, 0.4) is 0 Å². The van der Waals surface area contributed by atoms with E-state index in [-0.39, 0.29) is 0 Å². The van der Waals surface area contributed by atoms with Crippen LogP contribution in [0.4, 0.5) is 5.82 Å². The van der Waals surface area contributed by atoms with Crippen molar-refractivity contribution in [1.29, 1.82) is 0 Å². The topological polar surface area (TPSA) is 55.1 Å². The van der Waals surface area contributed by atoms with Crippen LogP contribution in [0.2, 0.25) is 5.15 Å². The zero-order valence-electron chi connectivity index (χ0n) is 8.61. The fourth-order valence-corrected chi connectivity index (χ4v) is 1.40. The first-order chi connectivity index (χ1) is 7.16. The van der Waals surface area contributed by atoms with Gasteiger partial charge in [0.15, 0.2) is 0 Å². The number of hydrogen-bond donors (Lipinski definition) is 1. The summed E-state index contributed by atoms with van der Waals surface area (Å²) in [5.41, 5.74) is 0. The lowest BCUT2D eigenvalue weighted by molar-refractivity contribution is 0.684. The molecule has 5 nitrogen and oxygen atoms in total. The van der Waals surface area contributed by atoms with Gasteiger partial charge in [0.2, 0.25) is 0 Å². The van der Waals surface area contributed by atoms with E-state index in [2.05, 4.69) is 34.2 Å². The van der Waals surface area contributed by atoms with Crippen LogP contribution in [-0.2, 0) is 0 Å². The van der Waals surface area contributed by atoms with Crippen LogP contribution in [0.15, 0.2) is 12.4 Å². The molecule has 0 aromatic carbocycles. The molecule has 15 heavy (non-hydrogen) atoms. The second kappa shape index (κ2) is 4.02. The van der Waals surface area contributed by atoms with Crippen LogP contribution in [0, 0.1) is 5.92 Å². The van der Waals surface area contributed by atoms with Crippen molar-refractivity contribution in [2.45, 2.75) is 13.8 Å². The fraction of sp³-hybridized carbons (Fsp3) is 0.444. The third-order valence-electron chi connectivity index (χ3n) is 1.91. The zero-order valence-corrected chi connectivity index (χ0v) is 9.36. The molecule has 2 heterocycles. The van der Waals surface area contributed by atoms with E-state index in [0.717, 1.165) is 12.4 Å². The quantitative estimate of drug-likeness (QED) is 0.810. The molecule has 0 aliphatic carbocycles. The number of nitrogens with one attached hydrogen (secondary N) is 1. The summed E-state index contributed by atoms with van der Waals surface area (Å²) >= 11 is 5.86. The van der Waals surface area contributed by atoms with Crippen LogP contribution in [0.1, 0.15) is 13.8 Å². The van der Waals surface area contributed by atoms with Crippen LogP contribution in [-0.4, -0.2) is 26.1 Å². The maximum absolute atomic E-state index is 5.86. The minimum Gasteiger partial charge on any atom is -0.370 e. The van der Waals surface area contributed by atoms with E-state index >= 15 is 0 Å². The van der Waals surface area contributed by atoms with Crippen molar-refractivity contribution >= 4 is 23.2 Å². The normalized spacial score (nSPS) is 11.2. The van der Waals surface area contributed by atoms with Gasteiger partial charge in [0, 0.05) is 12.6 Å². The molecule has 0 amide bonds. The number of hydrogen-bond acceptors (Lipinski definition) is 4. The average molecular weight is 226 g/mol. The van der Waals surface area contributed by atoms with Crippen molar-refractivity contribution in [3.05, 3.63) is 17.5 Å². The lowest BCUT2D eigenvalue weighted by Gasteiger charge is -2.09. The first-order valence-electron chi connectivity index (χ1n) is 4.77. The van der Waals surface area contributed by atoms with Gasteiger partial charge in [-0.05, 0) is 5.92 Å². The van der Waals surface area contributed by atoms with Crippen molar-refractivity contribution in [2.75, 3.05) is 11.9 Å². The van der Waals surface area contributed by atoms with Crippen LogP contribution < -0.4 is 5.32 Å². The molecule has 2 rings (SSSR count). The van der Waals surface area contributed by atoms with E-state index < -0.39 is 0 Å². The van der Waals surface area contributed by atoms with Crippen molar-refractivity contribution < 1.29 is 0 Å². The predicted molar refractivity (Wildman–Crippen MR) is 59.1 cm³/mol. The van der Waals surface area contributed by atoms with Gasteiger partial charge in [0.1, 0.15) is 17.3 Å². The van der Waals surface area contributed by atoms with Gasteiger partial charge in [-0.3, -0.25) is 0 Å². The van der Waals surface area contributed by atoms with Crippen LogP contribution in [0.5, 0.6) is 0 Å². The number of halogens is 1. The number of rotatable bonds is 3. The van der Waals surface area contributed by atoms with Gasteiger partial charge >= 0.3 is 0 Å². The summed E-state index contributed by atoms with van der Waals surface area (Å²) in [6.07, 6.45) is 1.46. The number of fused-ring (bicyclic) bond motifs is 1. The smallest absolute Gasteiger partial charge is 0.255 e. The van der Waals surface area contributed by atoms with E-state index in [0.29, 0.717) is 16.8 Å². The number of anilines is 1. The monoisotopic (exact) mass is 225 g/mol. The van der Waals surface area contributed by atoms with Crippen molar-refractivity contribution in [3.63, 3.8) is 0 Å². The summed E-state index contributed by atoms with van der Waals surface area (Å²) in [7, 11) is 0. The minimum absolute atomic E-state index is 0.418. The Labute approximate surface area is 92.5 Å². The van der Waals surface area contributed by atoms with E-state index in [9.17, 15) is 0 Å². The molecule has 2 aromatic heterocycles. The molecule has 0 unspecified atom stereocenters. The number of aromatic nitrogens is 4. The Bertz CT molecular complexity index is 464. The molecule has 0 aliphatic heterocycles. The van der Waals surface area contributed by atoms with Gasteiger partial charge < -0.3 is 5.32 Å². The van der Waals surface area contributed by atoms with Gasteiger partial charge in [-0.1, -0.05) is 25.4 Å². The fourth-order valence-electron chi connectivity index (χ4n) is 1.22. The average Bonchev–Trinajstić information content (AvgIpc) is 2.61. The Balaban J connectivity index is 2.35. The molecule has 0 saturated carbocycles. The summed E-state index contributed by atoms with van der Waals surface area (Å²) in [5.74, 6) is 1.88. The molecule has 0 atom stereocenters. The highest BCUT2D eigenvalue weighted by Crippen LogP contribution is 2.14. The first kappa shape index (κ1) is 10.2. The molecule has 2 aromatic rings. The highest BCUT2D eigenvalue weighted by Gasteiger charge is 2.06. The van der Waals surface area contributed by atoms with E-state index in [1.807, 2.05) is 0 Å². The Morgan fingerprint density at radius 3 is 3.07 bits per heavy atom. The molecule has 0 spiro atoms. The molecule has 0 bridgehead atoms. The second-order valence-corrected chi connectivity index (χ2v) is 4.10. The van der Waals surface area contributed by atoms with Crippen molar-refractivity contribution in [3.8, 4) is 0 Å². The van der Waals surface area contributed by atoms with E-state index in [4.69, 9.17) is 11.6 Å². The predicted octanol–water partition coefficient (Wildman–Crippen LogP) is 1.85. The second-order valence-electron chi connectivity index (χ2n) is 3.71. The SMILES string of the molecule is CC(C)CNc1cc(Cl)nc2ncnn12. The van der Waals surface area contributed by atoms with Crippen LogP contribution in [0.25, 0.3) is 5.78 Å². The van der Waals surface area contributed by atoms with Gasteiger partial charge in [-0.15, -0.1) is 0 Å². The Hall–Kier alpha value is -1.36. The molecule has 0 aliphatic rings. The van der Waals surface area contributed by atoms with Crippen molar-refractivity contribution in [1.82, 2.24) is 19.6 Å². The summed E-state index contributed by atoms with van der Waals surface area (Å²) in [6.45, 7) is 5.12. The lowest BCUT2D eigenvalue weighted by atomic mass is 10.2. The molecule has 0 radical (unpaired) electrons. The summed E-state index contributed by atoms with van der Waals surface area (Å²) in [4.78, 5) is 8.02. The summed E-state index contributed by atoms with van der Waals surface area (Å²) < 4.78 is 1.63. The van der Waals surface area contributed by atoms with E-state index in [1.54, 1.807) is 10.6 Å². The standard InChI is InChI=1S/C9H12ClN5/c1-6(2)4-11-8-3-7(10)14-9-12-5-13-15(8)9/h3,5-6,11H,4H2,1-2H3. The van der Waals surface area contributed by atoms with Gasteiger partial charge in [-0.25, -0.2) is 0 Å². The molecular formula is C9H12ClN5. The highest BCUT2D eigenvalue weighted by molar-refractivity contribution is 6.29. The molecule has 1 N–H and O–H groups in total. The zero-order chi connectivity index (χ0) is 10.8. The third kappa shape index (κ3) is 2.18. The molecule has 0 saturated heterocycles. The third-order valence-corrected chi connectivity index (χ3v) is 2.11. The largest absolute Gasteiger partial charge is 0.370 e. The minimum atomic E-state index is 0.418. The van der Waals surface area contributed by atoms with Gasteiger partial charge in [0.05, 0.1) is 0 Å². The summed E-state index contributed by atoms with van der Waals surface area (Å²) in [6, 6.07) is 1.74. The van der Waals surface area contributed by atoms with E-state index in [1.165, 1.54) is 6.33 Å². The molecule has 80 valence electrons. The Morgan fingerprint density at radius 2 is 2.33 bits per heavy atom. The van der Waals surface area contributed by atoms with Gasteiger partial charge in [-0.2, -0.15) is 19.6 Å². The maximum Gasteiger partial charge on any atom is 0.255 e.